The second-order valence-corrected chi connectivity index (χ2v) is 10.7. The Morgan fingerprint density at radius 2 is 1.74 bits per heavy atom. The lowest BCUT2D eigenvalue weighted by molar-refractivity contribution is -0.271. The monoisotopic (exact) mass is 541 g/mol. The third kappa shape index (κ3) is 5.80. The molecule has 2 fully saturated rings. The van der Waals surface area contributed by atoms with Crippen molar-refractivity contribution in [3.63, 3.8) is 0 Å². The molecule has 2 heterocycles. The standard InChI is InChI=1S/C29H35NO9/c1-37-21-13-18-12-19(11-16-7-9-30(10-8-16)15-17-5-3-2-4-6-17)23(31)20(18)14-22(21)38-29-26(34)24(32)25(33)27(39-29)28(35)36/h2-6,13-14,16,19,24-27,29,32-34H,7-12,15H2,1H3,(H,35,36)/t19-,24+,25+,26-,27+,29-/m1/s1. The zero-order valence-corrected chi connectivity index (χ0v) is 21.8. The first kappa shape index (κ1) is 27.5. The number of aliphatic hydroxyl groups excluding tert-OH is 3. The lowest BCUT2D eigenvalue weighted by Gasteiger charge is -2.38. The number of likely N-dealkylation sites (tertiary alicyclic amines) is 1. The van der Waals surface area contributed by atoms with E-state index in [1.807, 2.05) is 6.07 Å². The van der Waals surface area contributed by atoms with Crippen molar-refractivity contribution in [3.8, 4) is 11.5 Å². The smallest absolute Gasteiger partial charge is 0.335 e. The van der Waals surface area contributed by atoms with Crippen molar-refractivity contribution in [3.05, 3.63) is 59.2 Å². The number of hydrogen-bond acceptors (Lipinski definition) is 9. The van der Waals surface area contributed by atoms with E-state index in [1.54, 1.807) is 6.07 Å². The number of ketones is 1. The number of carbonyl (C=O) groups excluding carboxylic acids is 1. The molecule has 10 heteroatoms. The molecule has 2 aromatic rings. The van der Waals surface area contributed by atoms with Crippen LogP contribution in [0.3, 0.4) is 0 Å². The molecule has 2 saturated heterocycles. The topological polar surface area (TPSA) is 146 Å². The number of rotatable bonds is 8. The Kier molecular flexibility index (Phi) is 8.20. The van der Waals surface area contributed by atoms with Crippen molar-refractivity contribution in [2.45, 2.75) is 62.9 Å². The third-order valence-corrected chi connectivity index (χ3v) is 8.12. The van der Waals surface area contributed by atoms with E-state index in [4.69, 9.17) is 14.2 Å². The van der Waals surface area contributed by atoms with Crippen LogP contribution in [0.1, 0.15) is 40.7 Å². The van der Waals surface area contributed by atoms with E-state index in [0.29, 0.717) is 23.7 Å². The van der Waals surface area contributed by atoms with Crippen LogP contribution in [0.5, 0.6) is 11.5 Å². The Morgan fingerprint density at radius 3 is 2.41 bits per heavy atom. The number of aliphatic carboxylic acids is 1. The van der Waals surface area contributed by atoms with Crippen LogP contribution in [-0.4, -0.2) is 88.0 Å². The summed E-state index contributed by atoms with van der Waals surface area (Å²) in [6.45, 7) is 2.94. The van der Waals surface area contributed by atoms with Gasteiger partial charge in [-0.15, -0.1) is 0 Å². The van der Waals surface area contributed by atoms with Gasteiger partial charge in [-0.25, -0.2) is 4.79 Å². The fraction of sp³-hybridized carbons (Fsp3) is 0.517. The van der Waals surface area contributed by atoms with Gasteiger partial charge in [0.05, 0.1) is 7.11 Å². The van der Waals surface area contributed by atoms with E-state index >= 15 is 0 Å². The van der Waals surface area contributed by atoms with Gasteiger partial charge in [0.25, 0.3) is 0 Å². The van der Waals surface area contributed by atoms with Crippen LogP contribution in [0.25, 0.3) is 0 Å². The minimum Gasteiger partial charge on any atom is -0.493 e. The van der Waals surface area contributed by atoms with E-state index in [2.05, 4.69) is 29.2 Å². The number of fused-ring (bicyclic) bond motifs is 1. The maximum absolute atomic E-state index is 13.4. The van der Waals surface area contributed by atoms with Gasteiger partial charge in [0, 0.05) is 18.0 Å². The fourth-order valence-corrected chi connectivity index (χ4v) is 5.92. The van der Waals surface area contributed by atoms with Crippen molar-refractivity contribution >= 4 is 11.8 Å². The molecule has 0 unspecified atom stereocenters. The highest BCUT2D eigenvalue weighted by Crippen LogP contribution is 2.41. The summed E-state index contributed by atoms with van der Waals surface area (Å²) < 4.78 is 16.4. The largest absolute Gasteiger partial charge is 0.493 e. The first-order chi connectivity index (χ1) is 18.7. The number of piperidine rings is 1. The lowest BCUT2D eigenvalue weighted by atomic mass is 9.85. The van der Waals surface area contributed by atoms with Gasteiger partial charge in [-0.2, -0.15) is 0 Å². The Hall–Kier alpha value is -3.02. The van der Waals surface area contributed by atoms with Crippen molar-refractivity contribution in [2.24, 2.45) is 11.8 Å². The number of aliphatic hydroxyl groups is 3. The highest BCUT2D eigenvalue weighted by molar-refractivity contribution is 6.02. The summed E-state index contributed by atoms with van der Waals surface area (Å²) in [4.78, 5) is 27.3. The zero-order valence-electron chi connectivity index (χ0n) is 21.8. The molecular weight excluding hydrogens is 506 g/mol. The number of hydrogen-bond donors (Lipinski definition) is 4. The van der Waals surface area contributed by atoms with Crippen LogP contribution in [0.2, 0.25) is 0 Å². The number of carbonyl (C=O) groups is 2. The number of methoxy groups -OCH3 is 1. The molecule has 10 nitrogen and oxygen atoms in total. The molecule has 0 radical (unpaired) electrons. The van der Waals surface area contributed by atoms with Gasteiger partial charge >= 0.3 is 5.97 Å². The average molecular weight is 542 g/mol. The van der Waals surface area contributed by atoms with Gasteiger partial charge in [0.2, 0.25) is 6.29 Å². The van der Waals surface area contributed by atoms with Crippen molar-refractivity contribution in [2.75, 3.05) is 20.2 Å². The van der Waals surface area contributed by atoms with Crippen LogP contribution < -0.4 is 9.47 Å². The van der Waals surface area contributed by atoms with Crippen LogP contribution in [0.15, 0.2) is 42.5 Å². The minimum absolute atomic E-state index is 0.0215. The Bertz CT molecular complexity index is 1180. The summed E-state index contributed by atoms with van der Waals surface area (Å²) in [5.74, 6) is -0.795. The predicted molar refractivity (Wildman–Crippen MR) is 139 cm³/mol. The van der Waals surface area contributed by atoms with E-state index in [1.165, 1.54) is 18.7 Å². The highest BCUT2D eigenvalue weighted by Gasteiger charge is 2.48. The first-order valence-electron chi connectivity index (χ1n) is 13.4. The van der Waals surface area contributed by atoms with Crippen molar-refractivity contribution in [1.82, 2.24) is 4.90 Å². The summed E-state index contributed by atoms with van der Waals surface area (Å²) in [7, 11) is 1.43. The summed E-state index contributed by atoms with van der Waals surface area (Å²) in [6, 6.07) is 13.7. The lowest BCUT2D eigenvalue weighted by Crippen LogP contribution is -2.61. The maximum atomic E-state index is 13.4. The fourth-order valence-electron chi connectivity index (χ4n) is 5.92. The number of nitrogens with zero attached hydrogens (tertiary/aromatic N) is 1. The van der Waals surface area contributed by atoms with Crippen LogP contribution >= 0.6 is 0 Å². The molecule has 0 spiro atoms. The SMILES string of the molecule is COc1cc2c(cc1O[C@@H]1O[C@H](C(=O)O)[C@@H](O)[C@H](O)[C@H]1O)C(=O)[C@H](CC1CCN(Cc3ccccc3)CC1)C2. The molecule has 210 valence electrons. The minimum atomic E-state index is -1.83. The van der Waals surface area contributed by atoms with E-state index in [0.717, 1.165) is 44.5 Å². The second kappa shape index (κ2) is 11.6. The molecule has 3 aliphatic rings. The van der Waals surface area contributed by atoms with E-state index in [9.17, 15) is 30.0 Å². The Balaban J connectivity index is 1.23. The van der Waals surface area contributed by atoms with Gasteiger partial charge in [-0.1, -0.05) is 30.3 Å². The normalized spacial score (nSPS) is 29.7. The summed E-state index contributed by atoms with van der Waals surface area (Å²) >= 11 is 0. The molecular formula is C29H35NO9. The summed E-state index contributed by atoms with van der Waals surface area (Å²) in [5, 5.41) is 39.7. The molecule has 2 aromatic carbocycles. The maximum Gasteiger partial charge on any atom is 0.335 e. The molecule has 39 heavy (non-hydrogen) atoms. The first-order valence-corrected chi connectivity index (χ1v) is 13.4. The van der Waals surface area contributed by atoms with Crippen molar-refractivity contribution < 1.29 is 44.2 Å². The molecule has 4 N–H and O–H groups in total. The van der Waals surface area contributed by atoms with Gasteiger partial charge < -0.3 is 34.6 Å². The molecule has 0 saturated carbocycles. The van der Waals surface area contributed by atoms with E-state index < -0.39 is 36.7 Å². The molecule has 2 aliphatic heterocycles. The molecule has 5 rings (SSSR count). The third-order valence-electron chi connectivity index (χ3n) is 8.12. The van der Waals surface area contributed by atoms with Gasteiger partial charge in [-0.3, -0.25) is 9.69 Å². The Morgan fingerprint density at radius 1 is 1.03 bits per heavy atom. The number of carboxylic acids is 1. The number of carboxylic acid groups (broad SMARTS) is 1. The molecule has 0 bridgehead atoms. The van der Waals surface area contributed by atoms with E-state index in [-0.39, 0.29) is 17.5 Å². The van der Waals surface area contributed by atoms with Crippen LogP contribution in [0.4, 0.5) is 0 Å². The molecule has 1 aliphatic carbocycles. The molecule has 0 aromatic heterocycles. The van der Waals surface area contributed by atoms with Crippen LogP contribution in [0, 0.1) is 11.8 Å². The molecule has 0 amide bonds. The molecule has 6 atom stereocenters. The number of Topliss-reactive ketones (excluding diaryl/α,β-unsaturated/α-hetero) is 1. The zero-order chi connectivity index (χ0) is 27.7. The quantitative estimate of drug-likeness (QED) is 0.389. The average Bonchev–Trinajstić information content (AvgIpc) is 3.23. The predicted octanol–water partition coefficient (Wildman–Crippen LogP) is 1.62. The summed E-state index contributed by atoms with van der Waals surface area (Å²) in [6.07, 6.45) is -5.24. The second-order valence-electron chi connectivity index (χ2n) is 10.7. The van der Waals surface area contributed by atoms with Crippen LogP contribution in [-0.2, 0) is 22.5 Å². The van der Waals surface area contributed by atoms with Gasteiger partial charge in [-0.05, 0) is 68.0 Å². The Labute approximate surface area is 226 Å². The highest BCUT2D eigenvalue weighted by atomic mass is 16.7. The van der Waals surface area contributed by atoms with Gasteiger partial charge in [0.15, 0.2) is 23.4 Å². The number of ether oxygens (including phenoxy) is 3. The summed E-state index contributed by atoms with van der Waals surface area (Å²) in [5.41, 5.74) is 2.65. The number of benzene rings is 2. The van der Waals surface area contributed by atoms with Gasteiger partial charge in [0.1, 0.15) is 18.3 Å². The van der Waals surface area contributed by atoms with Crippen molar-refractivity contribution in [1.29, 1.82) is 0 Å².